The van der Waals surface area contributed by atoms with E-state index in [-0.39, 0.29) is 0 Å². The van der Waals surface area contributed by atoms with Gasteiger partial charge in [0.2, 0.25) is 11.8 Å². The van der Waals surface area contributed by atoms with Gasteiger partial charge < -0.3 is 18.3 Å². The van der Waals surface area contributed by atoms with E-state index in [2.05, 4.69) is 20.4 Å². The number of nitrogens with zero attached hydrogens (tertiary/aromatic N) is 4. The normalized spacial score (nSPS) is 10.9. The molecule has 0 N–H and O–H groups in total. The van der Waals surface area contributed by atoms with Crippen molar-refractivity contribution < 1.29 is 18.3 Å². The molecule has 0 aliphatic heterocycles. The fraction of sp³-hybridized carbons (Fsp3) is 0.158. The van der Waals surface area contributed by atoms with Crippen molar-refractivity contribution in [3.05, 3.63) is 53.4 Å². The zero-order chi connectivity index (χ0) is 20.2. The van der Waals surface area contributed by atoms with Gasteiger partial charge in [0.15, 0.2) is 0 Å². The Labute approximate surface area is 175 Å². The Morgan fingerprint density at radius 3 is 2.62 bits per heavy atom. The highest BCUT2D eigenvalue weighted by Gasteiger charge is 2.16. The van der Waals surface area contributed by atoms with Crippen molar-refractivity contribution in [3.8, 4) is 34.4 Å². The van der Waals surface area contributed by atoms with Crippen molar-refractivity contribution >= 4 is 23.4 Å². The molecule has 0 aliphatic carbocycles. The first-order valence-electron chi connectivity index (χ1n) is 8.43. The minimum Gasteiger partial charge on any atom is -0.497 e. The molecule has 2 aromatic carbocycles. The Morgan fingerprint density at radius 1 is 0.931 bits per heavy atom. The number of benzene rings is 2. The molecule has 0 amide bonds. The topological polar surface area (TPSA) is 96.3 Å². The monoisotopic (exact) mass is 430 g/mol. The third-order valence-corrected chi connectivity index (χ3v) is 4.94. The first-order chi connectivity index (χ1) is 14.2. The summed E-state index contributed by atoms with van der Waals surface area (Å²) in [4.78, 5) is 0. The molecule has 0 radical (unpaired) electrons. The zero-order valence-corrected chi connectivity index (χ0v) is 17.0. The molecule has 4 aromatic rings. The van der Waals surface area contributed by atoms with Crippen molar-refractivity contribution in [2.75, 3.05) is 14.2 Å². The Balaban J connectivity index is 1.46. The van der Waals surface area contributed by atoms with Crippen LogP contribution in [0.25, 0.3) is 22.9 Å². The molecule has 148 valence electrons. The highest BCUT2D eigenvalue weighted by atomic mass is 35.5. The average Bonchev–Trinajstić information content (AvgIpc) is 3.42. The minimum atomic E-state index is 0.314. The van der Waals surface area contributed by atoms with Crippen molar-refractivity contribution in [3.63, 3.8) is 0 Å². The second-order valence-electron chi connectivity index (χ2n) is 5.74. The van der Waals surface area contributed by atoms with Gasteiger partial charge in [-0.3, -0.25) is 0 Å². The minimum absolute atomic E-state index is 0.314. The fourth-order valence-electron chi connectivity index (χ4n) is 2.53. The maximum atomic E-state index is 6.06. The lowest BCUT2D eigenvalue weighted by atomic mass is 10.2. The van der Waals surface area contributed by atoms with E-state index in [1.165, 1.54) is 11.8 Å². The fourth-order valence-corrected chi connectivity index (χ4v) is 3.30. The summed E-state index contributed by atoms with van der Waals surface area (Å²) in [6.45, 7) is 0. The van der Waals surface area contributed by atoms with E-state index >= 15 is 0 Å². The van der Waals surface area contributed by atoms with Crippen molar-refractivity contribution in [1.29, 1.82) is 0 Å². The molecular weight excluding hydrogens is 416 g/mol. The van der Waals surface area contributed by atoms with Crippen molar-refractivity contribution in [2.24, 2.45) is 0 Å². The largest absolute Gasteiger partial charge is 0.497 e. The molecular formula is C19H15ClN4O4S. The maximum absolute atomic E-state index is 6.06. The third kappa shape index (κ3) is 4.36. The molecule has 2 heterocycles. The van der Waals surface area contributed by atoms with Crippen LogP contribution in [-0.4, -0.2) is 34.6 Å². The van der Waals surface area contributed by atoms with Crippen molar-refractivity contribution in [2.45, 2.75) is 11.0 Å². The second-order valence-corrected chi connectivity index (χ2v) is 7.10. The zero-order valence-electron chi connectivity index (χ0n) is 15.5. The summed E-state index contributed by atoms with van der Waals surface area (Å²) in [5.41, 5.74) is 1.40. The number of thioether (sulfide) groups is 1. The van der Waals surface area contributed by atoms with Gasteiger partial charge in [-0.25, -0.2) is 0 Å². The molecule has 0 fully saturated rings. The van der Waals surface area contributed by atoms with E-state index in [1.807, 2.05) is 24.3 Å². The Morgan fingerprint density at radius 2 is 1.79 bits per heavy atom. The summed E-state index contributed by atoms with van der Waals surface area (Å²) >= 11 is 7.35. The van der Waals surface area contributed by atoms with Crippen LogP contribution in [0.3, 0.4) is 0 Å². The van der Waals surface area contributed by atoms with Crippen LogP contribution in [0.5, 0.6) is 11.5 Å². The Kier molecular flexibility index (Phi) is 5.68. The van der Waals surface area contributed by atoms with Gasteiger partial charge in [-0.2, -0.15) is 0 Å². The molecule has 0 saturated carbocycles. The van der Waals surface area contributed by atoms with Crippen LogP contribution in [-0.2, 0) is 5.75 Å². The number of hydrogen-bond acceptors (Lipinski definition) is 9. The molecule has 2 aromatic heterocycles. The summed E-state index contributed by atoms with van der Waals surface area (Å²) in [5.74, 6) is 2.85. The number of methoxy groups -OCH3 is 2. The van der Waals surface area contributed by atoms with E-state index in [4.69, 9.17) is 29.9 Å². The van der Waals surface area contributed by atoms with Gasteiger partial charge in [0.25, 0.3) is 11.1 Å². The van der Waals surface area contributed by atoms with Gasteiger partial charge in [-0.05, 0) is 36.4 Å². The highest BCUT2D eigenvalue weighted by molar-refractivity contribution is 7.98. The standard InChI is InChI=1S/C19H15ClN4O4S/c1-25-13-5-3-4-11(8-13)17-22-21-16(27-17)10-29-19-24-23-18(28-19)14-9-12(20)6-7-15(14)26-2/h3-9H,10H2,1-2H3. The predicted octanol–water partition coefficient (Wildman–Crippen LogP) is 4.75. The van der Waals surface area contributed by atoms with Gasteiger partial charge >= 0.3 is 0 Å². The number of halogens is 1. The van der Waals surface area contributed by atoms with Crippen LogP contribution in [0.1, 0.15) is 5.89 Å². The van der Waals surface area contributed by atoms with Crippen LogP contribution in [0.2, 0.25) is 5.02 Å². The number of ether oxygens (including phenoxy) is 2. The second kappa shape index (κ2) is 8.54. The van der Waals surface area contributed by atoms with Gasteiger partial charge in [-0.1, -0.05) is 29.4 Å². The van der Waals surface area contributed by atoms with Crippen LogP contribution in [0.15, 0.2) is 56.5 Å². The molecule has 0 atom stereocenters. The lowest BCUT2D eigenvalue weighted by Gasteiger charge is -2.04. The van der Waals surface area contributed by atoms with Gasteiger partial charge in [0, 0.05) is 10.6 Å². The van der Waals surface area contributed by atoms with Crippen LogP contribution >= 0.6 is 23.4 Å². The number of aromatic nitrogens is 4. The first kappa shape index (κ1) is 19.3. The predicted molar refractivity (Wildman–Crippen MR) is 107 cm³/mol. The number of rotatable bonds is 7. The van der Waals surface area contributed by atoms with Crippen LogP contribution < -0.4 is 9.47 Å². The smallest absolute Gasteiger partial charge is 0.277 e. The summed E-state index contributed by atoms with van der Waals surface area (Å²) in [7, 11) is 3.17. The molecule has 0 spiro atoms. The van der Waals surface area contributed by atoms with Gasteiger partial charge in [0.05, 0.1) is 25.5 Å². The SMILES string of the molecule is COc1cccc(-c2nnc(CSc3nnc(-c4cc(Cl)ccc4OC)o3)o2)c1. The molecule has 10 heteroatoms. The van der Waals surface area contributed by atoms with Crippen LogP contribution in [0, 0.1) is 0 Å². The molecule has 0 bridgehead atoms. The third-order valence-electron chi connectivity index (χ3n) is 3.90. The first-order valence-corrected chi connectivity index (χ1v) is 9.79. The van der Waals surface area contributed by atoms with Gasteiger partial charge in [0.1, 0.15) is 11.5 Å². The molecule has 0 saturated heterocycles. The number of hydrogen-bond donors (Lipinski definition) is 0. The molecule has 0 unspecified atom stereocenters. The Bertz CT molecular complexity index is 1130. The van der Waals surface area contributed by atoms with E-state index in [0.29, 0.717) is 50.7 Å². The van der Waals surface area contributed by atoms with E-state index < -0.39 is 0 Å². The van der Waals surface area contributed by atoms with E-state index in [1.54, 1.807) is 32.4 Å². The summed E-state index contributed by atoms with van der Waals surface area (Å²) in [6.07, 6.45) is 0. The molecule has 0 aliphatic rings. The lowest BCUT2D eigenvalue weighted by molar-refractivity contribution is 0.411. The van der Waals surface area contributed by atoms with Gasteiger partial charge in [-0.15, -0.1) is 20.4 Å². The molecule has 4 rings (SSSR count). The summed E-state index contributed by atoms with van der Waals surface area (Å²) in [5, 5.41) is 17.2. The molecule has 29 heavy (non-hydrogen) atoms. The summed E-state index contributed by atoms with van der Waals surface area (Å²) in [6, 6.07) is 12.6. The molecule has 8 nitrogen and oxygen atoms in total. The average molecular weight is 431 g/mol. The van der Waals surface area contributed by atoms with Crippen molar-refractivity contribution in [1.82, 2.24) is 20.4 Å². The quantitative estimate of drug-likeness (QED) is 0.384. The van der Waals surface area contributed by atoms with E-state index in [0.717, 1.165) is 5.56 Å². The van der Waals surface area contributed by atoms with Crippen LogP contribution in [0.4, 0.5) is 0 Å². The highest BCUT2D eigenvalue weighted by Crippen LogP contribution is 2.33. The lowest BCUT2D eigenvalue weighted by Crippen LogP contribution is -1.87. The summed E-state index contributed by atoms with van der Waals surface area (Å²) < 4.78 is 21.9. The maximum Gasteiger partial charge on any atom is 0.277 e. The Hall–Kier alpha value is -3.04. The van der Waals surface area contributed by atoms with E-state index in [9.17, 15) is 0 Å².